The van der Waals surface area contributed by atoms with E-state index < -0.39 is 18.4 Å². The van der Waals surface area contributed by atoms with Crippen molar-refractivity contribution in [1.82, 2.24) is 5.32 Å². The summed E-state index contributed by atoms with van der Waals surface area (Å²) < 4.78 is 5.66. The number of hydrogen-bond donors (Lipinski definition) is 2. The minimum absolute atomic E-state index is 0.400. The maximum atomic E-state index is 11.8. The molecular weight excluding hydrogens is 282 g/mol. The van der Waals surface area contributed by atoms with E-state index in [1.165, 1.54) is 0 Å². The van der Waals surface area contributed by atoms with Crippen LogP contribution in [0.25, 0.3) is 21.9 Å². The molecule has 0 aliphatic carbocycles. The molecular formula is C17H17NO4. The fourth-order valence-corrected chi connectivity index (χ4v) is 2.13. The third-order valence-electron chi connectivity index (χ3n) is 3.04. The van der Waals surface area contributed by atoms with Crippen molar-refractivity contribution >= 4 is 33.8 Å². The van der Waals surface area contributed by atoms with E-state index >= 15 is 0 Å². The van der Waals surface area contributed by atoms with E-state index in [0.717, 1.165) is 16.4 Å². The molecule has 3 rings (SSSR count). The van der Waals surface area contributed by atoms with Crippen LogP contribution in [-0.2, 0) is 4.79 Å². The molecule has 0 unspecified atom stereocenters. The van der Waals surface area contributed by atoms with Gasteiger partial charge in [0.25, 0.3) is 5.91 Å². The molecule has 0 aliphatic heterocycles. The van der Waals surface area contributed by atoms with Crippen molar-refractivity contribution in [2.45, 2.75) is 13.8 Å². The number of aliphatic carboxylic acids is 1. The third kappa shape index (κ3) is 3.09. The van der Waals surface area contributed by atoms with Gasteiger partial charge in [-0.2, -0.15) is 0 Å². The second kappa shape index (κ2) is 6.76. The summed E-state index contributed by atoms with van der Waals surface area (Å²) in [5.74, 6) is -1.49. The minimum Gasteiger partial charge on any atom is -0.480 e. The number of carbonyl (C=O) groups is 2. The van der Waals surface area contributed by atoms with E-state index in [9.17, 15) is 9.59 Å². The number of furan rings is 1. The number of carboxylic acid groups (broad SMARTS) is 1. The molecule has 1 heterocycles. The first kappa shape index (κ1) is 15.6. The van der Waals surface area contributed by atoms with Gasteiger partial charge in [0, 0.05) is 16.3 Å². The monoisotopic (exact) mass is 299 g/mol. The van der Waals surface area contributed by atoms with Crippen LogP contribution in [0, 0.1) is 0 Å². The van der Waals surface area contributed by atoms with Gasteiger partial charge < -0.3 is 14.8 Å². The zero-order valence-electron chi connectivity index (χ0n) is 12.4. The Balaban J connectivity index is 0.000000847. The average Bonchev–Trinajstić information content (AvgIpc) is 2.92. The number of fused-ring (bicyclic) bond motifs is 3. The quantitative estimate of drug-likeness (QED) is 0.776. The van der Waals surface area contributed by atoms with Gasteiger partial charge in [-0.05, 0) is 24.3 Å². The largest absolute Gasteiger partial charge is 0.480 e. The average molecular weight is 299 g/mol. The Bertz CT molecular complexity index is 820. The first-order valence-corrected chi connectivity index (χ1v) is 7.06. The van der Waals surface area contributed by atoms with Gasteiger partial charge in [-0.25, -0.2) is 0 Å². The van der Waals surface area contributed by atoms with E-state index in [1.54, 1.807) is 18.2 Å². The molecule has 22 heavy (non-hydrogen) atoms. The lowest BCUT2D eigenvalue weighted by Gasteiger charge is -2.02. The van der Waals surface area contributed by atoms with E-state index in [1.807, 2.05) is 38.1 Å². The van der Waals surface area contributed by atoms with Crippen molar-refractivity contribution in [3.8, 4) is 0 Å². The summed E-state index contributed by atoms with van der Waals surface area (Å²) >= 11 is 0. The summed E-state index contributed by atoms with van der Waals surface area (Å²) in [7, 11) is 0. The second-order valence-corrected chi connectivity index (χ2v) is 4.39. The molecule has 0 aliphatic rings. The van der Waals surface area contributed by atoms with Crippen LogP contribution in [0.2, 0.25) is 0 Å². The molecule has 5 heteroatoms. The van der Waals surface area contributed by atoms with Crippen LogP contribution >= 0.6 is 0 Å². The molecule has 0 bridgehead atoms. The molecule has 0 fully saturated rings. The van der Waals surface area contributed by atoms with Gasteiger partial charge in [0.1, 0.15) is 17.7 Å². The van der Waals surface area contributed by atoms with Crippen LogP contribution in [0.5, 0.6) is 0 Å². The number of rotatable bonds is 3. The van der Waals surface area contributed by atoms with Gasteiger partial charge >= 0.3 is 5.97 Å². The number of amides is 1. The van der Waals surface area contributed by atoms with Gasteiger partial charge in [-0.15, -0.1) is 0 Å². The second-order valence-electron chi connectivity index (χ2n) is 4.39. The molecule has 0 saturated carbocycles. The van der Waals surface area contributed by atoms with Crippen LogP contribution in [0.1, 0.15) is 24.2 Å². The maximum Gasteiger partial charge on any atom is 0.322 e. The highest BCUT2D eigenvalue weighted by Gasteiger charge is 2.11. The van der Waals surface area contributed by atoms with E-state index in [0.29, 0.717) is 11.1 Å². The molecule has 5 nitrogen and oxygen atoms in total. The van der Waals surface area contributed by atoms with Crippen molar-refractivity contribution in [2.75, 3.05) is 6.54 Å². The number of para-hydroxylation sites is 1. The summed E-state index contributed by atoms with van der Waals surface area (Å²) in [6.07, 6.45) is 0. The van der Waals surface area contributed by atoms with Gasteiger partial charge in [0.15, 0.2) is 0 Å². The summed E-state index contributed by atoms with van der Waals surface area (Å²) in [6, 6.07) is 12.6. The molecule has 0 saturated heterocycles. The lowest BCUT2D eigenvalue weighted by Crippen LogP contribution is -2.29. The lowest BCUT2D eigenvalue weighted by molar-refractivity contribution is -0.135. The molecule has 3 aromatic rings. The fraction of sp³-hybridized carbons (Fsp3) is 0.176. The Morgan fingerprint density at radius 3 is 2.45 bits per heavy atom. The summed E-state index contributed by atoms with van der Waals surface area (Å²) in [6.45, 7) is 3.60. The Labute approximate surface area is 127 Å². The van der Waals surface area contributed by atoms with Gasteiger partial charge in [0.2, 0.25) is 0 Å². The fourth-order valence-electron chi connectivity index (χ4n) is 2.13. The Morgan fingerprint density at radius 1 is 1.05 bits per heavy atom. The zero-order chi connectivity index (χ0) is 16.1. The Kier molecular flexibility index (Phi) is 4.78. The highest BCUT2D eigenvalue weighted by molar-refractivity contribution is 6.08. The number of hydrogen-bond acceptors (Lipinski definition) is 3. The molecule has 114 valence electrons. The highest BCUT2D eigenvalue weighted by Crippen LogP contribution is 2.28. The predicted octanol–water partition coefficient (Wildman–Crippen LogP) is 3.43. The van der Waals surface area contributed by atoms with E-state index in [4.69, 9.17) is 9.52 Å². The third-order valence-corrected chi connectivity index (χ3v) is 3.04. The number of carboxylic acids is 1. The summed E-state index contributed by atoms with van der Waals surface area (Å²) in [4.78, 5) is 22.3. The van der Waals surface area contributed by atoms with Crippen molar-refractivity contribution in [1.29, 1.82) is 0 Å². The molecule has 1 aromatic heterocycles. The molecule has 0 atom stereocenters. The molecule has 1 amide bonds. The van der Waals surface area contributed by atoms with Crippen LogP contribution in [0.3, 0.4) is 0 Å². The minimum atomic E-state index is -1.08. The first-order valence-electron chi connectivity index (χ1n) is 7.06. The Morgan fingerprint density at radius 2 is 1.73 bits per heavy atom. The van der Waals surface area contributed by atoms with E-state index in [2.05, 4.69) is 5.32 Å². The van der Waals surface area contributed by atoms with Gasteiger partial charge in [-0.3, -0.25) is 9.59 Å². The molecule has 2 aromatic carbocycles. The highest BCUT2D eigenvalue weighted by atomic mass is 16.4. The Hall–Kier alpha value is -2.82. The van der Waals surface area contributed by atoms with Crippen molar-refractivity contribution in [3.63, 3.8) is 0 Å². The van der Waals surface area contributed by atoms with Gasteiger partial charge in [-0.1, -0.05) is 32.0 Å². The molecule has 2 N–H and O–H groups in total. The van der Waals surface area contributed by atoms with Crippen molar-refractivity contribution in [3.05, 3.63) is 48.0 Å². The van der Waals surface area contributed by atoms with Crippen LogP contribution in [-0.4, -0.2) is 23.5 Å². The van der Waals surface area contributed by atoms with Crippen molar-refractivity contribution in [2.24, 2.45) is 0 Å². The summed E-state index contributed by atoms with van der Waals surface area (Å²) in [5, 5.41) is 12.7. The smallest absolute Gasteiger partial charge is 0.322 e. The number of carbonyl (C=O) groups excluding carboxylic acids is 1. The standard InChI is InChI=1S/C15H11NO4.C2H6/c17-14(18)8-16-15(19)9-5-6-13-11(7-9)10-3-1-2-4-12(10)20-13;1-2/h1-7H,8H2,(H,16,19)(H,17,18);1-2H3. The van der Waals surface area contributed by atoms with E-state index in [-0.39, 0.29) is 0 Å². The summed E-state index contributed by atoms with van der Waals surface area (Å²) in [5.41, 5.74) is 1.86. The van der Waals surface area contributed by atoms with Gasteiger partial charge in [0.05, 0.1) is 0 Å². The maximum absolute atomic E-state index is 11.8. The lowest BCUT2D eigenvalue weighted by atomic mass is 10.1. The molecule has 0 spiro atoms. The van der Waals surface area contributed by atoms with Crippen LogP contribution < -0.4 is 5.32 Å². The molecule has 0 radical (unpaired) electrons. The normalized spacial score (nSPS) is 10.1. The van der Waals surface area contributed by atoms with Crippen LogP contribution in [0.15, 0.2) is 46.9 Å². The zero-order valence-corrected chi connectivity index (χ0v) is 12.4. The predicted molar refractivity (Wildman–Crippen MR) is 85.0 cm³/mol. The van der Waals surface area contributed by atoms with Crippen molar-refractivity contribution < 1.29 is 19.1 Å². The number of nitrogens with one attached hydrogen (secondary N) is 1. The number of benzene rings is 2. The topological polar surface area (TPSA) is 79.5 Å². The SMILES string of the molecule is CC.O=C(O)CNC(=O)c1ccc2oc3ccccc3c2c1. The first-order chi connectivity index (χ1) is 10.6. The van der Waals surface area contributed by atoms with Crippen LogP contribution in [0.4, 0.5) is 0 Å².